The fraction of sp³-hybridized carbons (Fsp3) is 0.278. The fourth-order valence-corrected chi connectivity index (χ4v) is 2.18. The van der Waals surface area contributed by atoms with Crippen molar-refractivity contribution in [1.82, 2.24) is 0 Å². The summed E-state index contributed by atoms with van der Waals surface area (Å²) < 4.78 is 11.3. The number of aldehydes is 1. The minimum absolute atomic E-state index is 0.561. The highest BCUT2D eigenvalue weighted by atomic mass is 35.5. The molecule has 0 saturated carbocycles. The van der Waals surface area contributed by atoms with Crippen molar-refractivity contribution in [3.63, 3.8) is 0 Å². The lowest BCUT2D eigenvalue weighted by Gasteiger charge is -2.10. The van der Waals surface area contributed by atoms with E-state index in [4.69, 9.17) is 21.1 Å². The summed E-state index contributed by atoms with van der Waals surface area (Å²) in [5.74, 6) is 1.58. The number of aryl methyl sites for hydroxylation is 2. The van der Waals surface area contributed by atoms with Gasteiger partial charge in [0.05, 0.1) is 13.2 Å². The molecule has 0 amide bonds. The van der Waals surface area contributed by atoms with Crippen LogP contribution in [-0.2, 0) is 0 Å². The molecule has 0 radical (unpaired) electrons. The normalized spacial score (nSPS) is 10.3. The minimum atomic E-state index is 0.561. The van der Waals surface area contributed by atoms with Gasteiger partial charge in [-0.2, -0.15) is 0 Å². The van der Waals surface area contributed by atoms with Gasteiger partial charge < -0.3 is 9.47 Å². The first kappa shape index (κ1) is 16.4. The molecule has 0 atom stereocenters. The van der Waals surface area contributed by atoms with Crippen LogP contribution in [0.5, 0.6) is 11.5 Å². The van der Waals surface area contributed by atoms with E-state index in [1.165, 1.54) is 0 Å². The molecule has 0 aromatic heterocycles. The lowest BCUT2D eigenvalue weighted by Crippen LogP contribution is -2.05. The van der Waals surface area contributed by atoms with Crippen LogP contribution in [0, 0.1) is 13.8 Å². The van der Waals surface area contributed by atoms with E-state index in [1.54, 1.807) is 24.3 Å². The molecule has 0 fully saturated rings. The zero-order valence-electron chi connectivity index (χ0n) is 12.8. The van der Waals surface area contributed by atoms with Gasteiger partial charge in [-0.25, -0.2) is 0 Å². The summed E-state index contributed by atoms with van der Waals surface area (Å²) in [4.78, 5) is 10.6. The lowest BCUT2D eigenvalue weighted by molar-refractivity contribution is 0.112. The maximum Gasteiger partial charge on any atom is 0.150 e. The Hall–Kier alpha value is -2.00. The average Bonchev–Trinajstić information content (AvgIpc) is 2.52. The van der Waals surface area contributed by atoms with Gasteiger partial charge in [-0.05, 0) is 61.4 Å². The van der Waals surface area contributed by atoms with E-state index in [2.05, 4.69) is 0 Å². The predicted molar refractivity (Wildman–Crippen MR) is 88.4 cm³/mol. The monoisotopic (exact) mass is 318 g/mol. The summed E-state index contributed by atoms with van der Waals surface area (Å²) in [5, 5.41) is 0.787. The summed E-state index contributed by atoms with van der Waals surface area (Å²) >= 11 is 6.13. The van der Waals surface area contributed by atoms with Crippen LogP contribution in [0.4, 0.5) is 0 Å². The number of benzene rings is 2. The Labute approximate surface area is 135 Å². The third kappa shape index (κ3) is 4.50. The Balaban J connectivity index is 1.74. The first-order chi connectivity index (χ1) is 10.6. The third-order valence-corrected chi connectivity index (χ3v) is 3.85. The molecule has 0 saturated heterocycles. The molecule has 0 spiro atoms. The van der Waals surface area contributed by atoms with Crippen LogP contribution in [0.3, 0.4) is 0 Å². The highest BCUT2D eigenvalue weighted by Crippen LogP contribution is 2.25. The molecule has 2 aromatic rings. The number of halogens is 1. The molecule has 2 rings (SSSR count). The molecule has 0 heterocycles. The van der Waals surface area contributed by atoms with E-state index >= 15 is 0 Å². The van der Waals surface area contributed by atoms with Crippen molar-refractivity contribution in [2.24, 2.45) is 0 Å². The van der Waals surface area contributed by atoms with Gasteiger partial charge in [0.15, 0.2) is 0 Å². The molecule has 22 heavy (non-hydrogen) atoms. The van der Waals surface area contributed by atoms with E-state index in [1.807, 2.05) is 26.0 Å². The molecular formula is C18H19ClO3. The number of carbonyl (C=O) groups is 1. The number of hydrogen-bond donors (Lipinski definition) is 0. The zero-order valence-corrected chi connectivity index (χ0v) is 13.5. The van der Waals surface area contributed by atoms with E-state index in [-0.39, 0.29) is 0 Å². The Morgan fingerprint density at radius 2 is 1.50 bits per heavy atom. The summed E-state index contributed by atoms with van der Waals surface area (Å²) in [7, 11) is 0. The molecule has 2 aromatic carbocycles. The smallest absolute Gasteiger partial charge is 0.150 e. The Morgan fingerprint density at radius 3 is 2.05 bits per heavy atom. The van der Waals surface area contributed by atoms with Gasteiger partial charge in [-0.15, -0.1) is 0 Å². The zero-order chi connectivity index (χ0) is 15.9. The molecule has 4 heteroatoms. The van der Waals surface area contributed by atoms with E-state index in [9.17, 15) is 4.79 Å². The Bertz CT molecular complexity index is 612. The fourth-order valence-electron chi connectivity index (χ4n) is 2.07. The summed E-state index contributed by atoms with van der Waals surface area (Å²) in [6, 6.07) is 10.9. The molecule has 3 nitrogen and oxygen atoms in total. The first-order valence-electron chi connectivity index (χ1n) is 7.18. The van der Waals surface area contributed by atoms with E-state index in [0.29, 0.717) is 18.8 Å². The van der Waals surface area contributed by atoms with Crippen LogP contribution in [0.1, 0.15) is 27.9 Å². The molecule has 0 unspecified atom stereocenters. The number of ether oxygens (including phenoxy) is 2. The number of rotatable bonds is 7. The standard InChI is InChI=1S/C18H19ClO3/c1-13-10-17(11-14(2)18(13)19)22-9-3-8-21-16-6-4-15(12-20)5-7-16/h4-7,10-12H,3,8-9H2,1-2H3. The van der Waals surface area contributed by atoms with Crippen molar-refractivity contribution in [2.75, 3.05) is 13.2 Å². The van der Waals surface area contributed by atoms with Crippen LogP contribution >= 0.6 is 11.6 Å². The van der Waals surface area contributed by atoms with Crippen molar-refractivity contribution >= 4 is 17.9 Å². The second kappa shape index (κ2) is 7.85. The van der Waals surface area contributed by atoms with Gasteiger partial charge in [0.1, 0.15) is 17.8 Å². The molecule has 0 aliphatic rings. The molecule has 116 valence electrons. The quantitative estimate of drug-likeness (QED) is 0.552. The maximum absolute atomic E-state index is 10.6. The molecule has 0 aliphatic heterocycles. The van der Waals surface area contributed by atoms with Gasteiger partial charge in [0.2, 0.25) is 0 Å². The summed E-state index contributed by atoms with van der Waals surface area (Å²) in [6.07, 6.45) is 1.59. The van der Waals surface area contributed by atoms with Crippen molar-refractivity contribution in [2.45, 2.75) is 20.3 Å². The molecule has 0 N–H and O–H groups in total. The van der Waals surface area contributed by atoms with E-state index in [0.717, 1.165) is 40.4 Å². The Kier molecular flexibility index (Phi) is 5.84. The lowest BCUT2D eigenvalue weighted by atomic mass is 10.1. The van der Waals surface area contributed by atoms with Crippen LogP contribution < -0.4 is 9.47 Å². The largest absolute Gasteiger partial charge is 0.493 e. The van der Waals surface area contributed by atoms with Gasteiger partial charge in [-0.3, -0.25) is 4.79 Å². The van der Waals surface area contributed by atoms with Crippen LogP contribution in [-0.4, -0.2) is 19.5 Å². The SMILES string of the molecule is Cc1cc(OCCCOc2ccc(C=O)cc2)cc(C)c1Cl. The highest BCUT2D eigenvalue weighted by molar-refractivity contribution is 6.32. The van der Waals surface area contributed by atoms with Crippen LogP contribution in [0.15, 0.2) is 36.4 Å². The second-order valence-electron chi connectivity index (χ2n) is 5.11. The van der Waals surface area contributed by atoms with Crippen LogP contribution in [0.25, 0.3) is 0 Å². The second-order valence-corrected chi connectivity index (χ2v) is 5.49. The number of hydrogen-bond acceptors (Lipinski definition) is 3. The molecular weight excluding hydrogens is 300 g/mol. The van der Waals surface area contributed by atoms with Gasteiger partial charge in [-0.1, -0.05) is 11.6 Å². The summed E-state index contributed by atoms with van der Waals surface area (Å²) in [6.45, 7) is 5.07. The van der Waals surface area contributed by atoms with Crippen molar-refractivity contribution in [3.05, 3.63) is 58.1 Å². The summed E-state index contributed by atoms with van der Waals surface area (Å²) in [5.41, 5.74) is 2.68. The highest BCUT2D eigenvalue weighted by Gasteiger charge is 2.03. The molecule has 0 aliphatic carbocycles. The Morgan fingerprint density at radius 1 is 0.955 bits per heavy atom. The van der Waals surface area contributed by atoms with Gasteiger partial charge in [0, 0.05) is 17.0 Å². The van der Waals surface area contributed by atoms with Crippen molar-refractivity contribution in [3.8, 4) is 11.5 Å². The topological polar surface area (TPSA) is 35.5 Å². The van der Waals surface area contributed by atoms with Gasteiger partial charge >= 0.3 is 0 Å². The average molecular weight is 319 g/mol. The number of carbonyl (C=O) groups excluding carboxylic acids is 1. The third-order valence-electron chi connectivity index (χ3n) is 3.25. The maximum atomic E-state index is 10.6. The first-order valence-corrected chi connectivity index (χ1v) is 7.55. The van der Waals surface area contributed by atoms with Crippen LogP contribution in [0.2, 0.25) is 5.02 Å². The van der Waals surface area contributed by atoms with Gasteiger partial charge in [0.25, 0.3) is 0 Å². The van der Waals surface area contributed by atoms with E-state index < -0.39 is 0 Å². The minimum Gasteiger partial charge on any atom is -0.493 e. The predicted octanol–water partition coefficient (Wildman–Crippen LogP) is 4.62. The van der Waals surface area contributed by atoms with Crippen molar-refractivity contribution in [1.29, 1.82) is 0 Å². The molecule has 0 bridgehead atoms. The van der Waals surface area contributed by atoms with Crippen molar-refractivity contribution < 1.29 is 14.3 Å².